The van der Waals surface area contributed by atoms with Gasteiger partial charge in [0.25, 0.3) is 0 Å². The maximum atomic E-state index is 12.8. The minimum absolute atomic E-state index is 0.000759. The Morgan fingerprint density at radius 3 is 2.56 bits per heavy atom. The van der Waals surface area contributed by atoms with Crippen LogP contribution in [0.1, 0.15) is 17.0 Å². The molecule has 1 heterocycles. The van der Waals surface area contributed by atoms with Crippen molar-refractivity contribution in [3.63, 3.8) is 0 Å². The Morgan fingerprint density at radius 2 is 1.76 bits per heavy atom. The number of nitrogens with one attached hydrogen (secondary N) is 1. The SMILES string of the molecule is O=C(Cn1c(COc2ccccc2)nc2ccccc21)NCC#Cc1cccc(C(F)(F)F)c1. The number of hydrogen-bond donors (Lipinski definition) is 1. The third-order valence-corrected chi connectivity index (χ3v) is 4.94. The minimum atomic E-state index is -4.43. The summed E-state index contributed by atoms with van der Waals surface area (Å²) in [5, 5.41) is 2.68. The lowest BCUT2D eigenvalue weighted by molar-refractivity contribution is -0.137. The summed E-state index contributed by atoms with van der Waals surface area (Å²) >= 11 is 0. The first-order chi connectivity index (χ1) is 16.4. The van der Waals surface area contributed by atoms with E-state index >= 15 is 0 Å². The highest BCUT2D eigenvalue weighted by Crippen LogP contribution is 2.29. The molecule has 5 nitrogen and oxygen atoms in total. The van der Waals surface area contributed by atoms with Gasteiger partial charge in [-0.15, -0.1) is 0 Å². The second-order valence-corrected chi connectivity index (χ2v) is 7.36. The molecule has 34 heavy (non-hydrogen) atoms. The van der Waals surface area contributed by atoms with Crippen LogP contribution in [0.25, 0.3) is 11.0 Å². The zero-order valence-corrected chi connectivity index (χ0v) is 18.0. The number of ether oxygens (including phenoxy) is 1. The molecule has 0 saturated carbocycles. The van der Waals surface area contributed by atoms with E-state index in [9.17, 15) is 18.0 Å². The van der Waals surface area contributed by atoms with Crippen LogP contribution in [0.15, 0.2) is 78.9 Å². The highest BCUT2D eigenvalue weighted by atomic mass is 19.4. The highest BCUT2D eigenvalue weighted by Gasteiger charge is 2.30. The molecule has 1 N–H and O–H groups in total. The Kier molecular flexibility index (Phi) is 6.83. The lowest BCUT2D eigenvalue weighted by Gasteiger charge is -2.10. The van der Waals surface area contributed by atoms with E-state index in [4.69, 9.17) is 4.74 Å². The number of nitrogens with zero attached hydrogens (tertiary/aromatic N) is 2. The lowest BCUT2D eigenvalue weighted by atomic mass is 10.1. The third-order valence-electron chi connectivity index (χ3n) is 4.94. The fourth-order valence-electron chi connectivity index (χ4n) is 3.34. The number of alkyl halides is 3. The van der Waals surface area contributed by atoms with Gasteiger partial charge in [0, 0.05) is 5.56 Å². The Balaban J connectivity index is 1.42. The van der Waals surface area contributed by atoms with E-state index in [1.165, 1.54) is 12.1 Å². The summed E-state index contributed by atoms with van der Waals surface area (Å²) in [7, 11) is 0. The molecule has 4 rings (SSSR count). The van der Waals surface area contributed by atoms with E-state index in [-0.39, 0.29) is 31.2 Å². The van der Waals surface area contributed by atoms with Gasteiger partial charge in [-0.3, -0.25) is 4.79 Å². The zero-order valence-electron chi connectivity index (χ0n) is 18.0. The van der Waals surface area contributed by atoms with Crippen LogP contribution in [-0.2, 0) is 24.1 Å². The second-order valence-electron chi connectivity index (χ2n) is 7.36. The normalized spacial score (nSPS) is 11.0. The quantitative estimate of drug-likeness (QED) is 0.418. The summed E-state index contributed by atoms with van der Waals surface area (Å²) in [6.07, 6.45) is -4.43. The molecule has 0 radical (unpaired) electrons. The number of carbonyl (C=O) groups is 1. The van der Waals surface area contributed by atoms with E-state index in [2.05, 4.69) is 22.1 Å². The van der Waals surface area contributed by atoms with Crippen molar-refractivity contribution in [1.82, 2.24) is 14.9 Å². The molecule has 1 aromatic heterocycles. The molecule has 0 aliphatic carbocycles. The first-order valence-electron chi connectivity index (χ1n) is 10.4. The predicted octanol–water partition coefficient (Wildman–Crippen LogP) is 4.80. The van der Waals surface area contributed by atoms with Crippen LogP contribution in [0.5, 0.6) is 5.75 Å². The van der Waals surface area contributed by atoms with Crippen LogP contribution in [0, 0.1) is 11.8 Å². The van der Waals surface area contributed by atoms with Gasteiger partial charge in [-0.2, -0.15) is 13.2 Å². The van der Waals surface area contributed by atoms with Crippen LogP contribution in [-0.4, -0.2) is 22.0 Å². The Morgan fingerprint density at radius 1 is 1.00 bits per heavy atom. The molecule has 0 atom stereocenters. The molecule has 0 aliphatic rings. The molecule has 3 aromatic carbocycles. The van der Waals surface area contributed by atoms with E-state index in [1.54, 1.807) is 4.57 Å². The number of rotatable bonds is 6. The Bertz CT molecular complexity index is 1350. The van der Waals surface area contributed by atoms with Crippen molar-refractivity contribution >= 4 is 16.9 Å². The molecule has 0 spiro atoms. The molecule has 4 aromatic rings. The van der Waals surface area contributed by atoms with Gasteiger partial charge in [0.1, 0.15) is 24.7 Å². The van der Waals surface area contributed by atoms with Gasteiger partial charge >= 0.3 is 6.18 Å². The average molecular weight is 463 g/mol. The fraction of sp³-hybridized carbons (Fsp3) is 0.154. The first-order valence-corrected chi connectivity index (χ1v) is 10.4. The first kappa shape index (κ1) is 22.9. The van der Waals surface area contributed by atoms with Crippen LogP contribution >= 0.6 is 0 Å². The molecule has 1 amide bonds. The number of amides is 1. The standard InChI is InChI=1S/C26H20F3N3O2/c27-26(28,29)20-10-6-8-19(16-20)9-7-15-30-25(33)17-32-23-14-5-4-13-22(23)31-24(32)18-34-21-11-2-1-3-12-21/h1-6,8,10-14,16H,15,17-18H2,(H,30,33). The molecular weight excluding hydrogens is 443 g/mol. The van der Waals surface area contributed by atoms with Crippen molar-refractivity contribution in [1.29, 1.82) is 0 Å². The molecule has 0 bridgehead atoms. The van der Waals surface area contributed by atoms with Crippen molar-refractivity contribution in [2.45, 2.75) is 19.3 Å². The van der Waals surface area contributed by atoms with E-state index in [1.807, 2.05) is 54.6 Å². The summed E-state index contributed by atoms with van der Waals surface area (Å²) in [5.74, 6) is 6.32. The summed E-state index contributed by atoms with van der Waals surface area (Å²) in [4.78, 5) is 17.1. The number of halogens is 3. The largest absolute Gasteiger partial charge is 0.486 e. The lowest BCUT2D eigenvalue weighted by Crippen LogP contribution is -2.28. The van der Waals surface area contributed by atoms with Gasteiger partial charge in [0.05, 0.1) is 23.1 Å². The Hall–Kier alpha value is -4.25. The summed E-state index contributed by atoms with van der Waals surface area (Å²) in [5.41, 5.74) is 0.997. The minimum Gasteiger partial charge on any atom is -0.486 e. The highest BCUT2D eigenvalue weighted by molar-refractivity contribution is 5.81. The van der Waals surface area contributed by atoms with Crippen molar-refractivity contribution in [2.24, 2.45) is 0 Å². The van der Waals surface area contributed by atoms with E-state index in [0.29, 0.717) is 11.6 Å². The summed E-state index contributed by atoms with van der Waals surface area (Å²) < 4.78 is 46.0. The van der Waals surface area contributed by atoms with Gasteiger partial charge in [-0.25, -0.2) is 4.98 Å². The van der Waals surface area contributed by atoms with Crippen LogP contribution in [0.2, 0.25) is 0 Å². The van der Waals surface area contributed by atoms with E-state index in [0.717, 1.165) is 23.2 Å². The third kappa shape index (κ3) is 5.75. The molecule has 172 valence electrons. The van der Waals surface area contributed by atoms with Gasteiger partial charge in [0.2, 0.25) is 5.91 Å². The number of benzene rings is 3. The van der Waals surface area contributed by atoms with Crippen LogP contribution in [0.3, 0.4) is 0 Å². The summed E-state index contributed by atoms with van der Waals surface area (Å²) in [6, 6.07) is 21.5. The second kappa shape index (κ2) is 10.1. The van der Waals surface area contributed by atoms with Crippen LogP contribution < -0.4 is 10.1 Å². The molecule has 0 aliphatic heterocycles. The van der Waals surface area contributed by atoms with E-state index < -0.39 is 11.7 Å². The summed E-state index contributed by atoms with van der Waals surface area (Å²) in [6.45, 7) is 0.179. The number of carbonyl (C=O) groups excluding carboxylic acids is 1. The number of aromatic nitrogens is 2. The van der Waals surface area contributed by atoms with Crippen molar-refractivity contribution in [2.75, 3.05) is 6.54 Å². The predicted molar refractivity (Wildman–Crippen MR) is 122 cm³/mol. The smallest absolute Gasteiger partial charge is 0.416 e. The van der Waals surface area contributed by atoms with Crippen molar-refractivity contribution in [3.8, 4) is 17.6 Å². The van der Waals surface area contributed by atoms with Crippen LogP contribution in [0.4, 0.5) is 13.2 Å². The molecule has 0 saturated heterocycles. The monoisotopic (exact) mass is 463 g/mol. The number of fused-ring (bicyclic) bond motifs is 1. The van der Waals surface area contributed by atoms with Gasteiger partial charge in [0.15, 0.2) is 0 Å². The maximum Gasteiger partial charge on any atom is 0.416 e. The number of hydrogen-bond acceptors (Lipinski definition) is 3. The van der Waals surface area contributed by atoms with Gasteiger partial charge < -0.3 is 14.6 Å². The molecule has 0 unspecified atom stereocenters. The van der Waals surface area contributed by atoms with Gasteiger partial charge in [-0.1, -0.05) is 48.2 Å². The average Bonchev–Trinajstić information content (AvgIpc) is 3.18. The zero-order chi connectivity index (χ0) is 24.0. The van der Waals surface area contributed by atoms with Crippen molar-refractivity contribution in [3.05, 3.63) is 95.8 Å². The number of para-hydroxylation sites is 3. The fourth-order valence-corrected chi connectivity index (χ4v) is 3.34. The maximum absolute atomic E-state index is 12.8. The molecular formula is C26H20F3N3O2. The molecule has 0 fully saturated rings. The topological polar surface area (TPSA) is 56.2 Å². The van der Waals surface area contributed by atoms with Crippen molar-refractivity contribution < 1.29 is 22.7 Å². The molecule has 8 heteroatoms. The number of imidazole rings is 1. The Labute approximate surface area is 194 Å². The van der Waals surface area contributed by atoms with Gasteiger partial charge in [-0.05, 0) is 42.5 Å².